The van der Waals surface area contributed by atoms with Crippen molar-refractivity contribution in [3.05, 3.63) is 0 Å². The number of hydrogen-bond donors (Lipinski definition) is 1. The molecule has 1 rings (SSSR count). The van der Waals surface area contributed by atoms with Crippen LogP contribution in [-0.2, 0) is 4.74 Å². The van der Waals surface area contributed by atoms with Gasteiger partial charge in [0.25, 0.3) is 0 Å². The van der Waals surface area contributed by atoms with Gasteiger partial charge < -0.3 is 10.5 Å². The van der Waals surface area contributed by atoms with Crippen LogP contribution in [0.2, 0.25) is 0 Å². The third-order valence-electron chi connectivity index (χ3n) is 4.00. The third-order valence-corrected chi connectivity index (χ3v) is 4.00. The fourth-order valence-corrected chi connectivity index (χ4v) is 2.59. The summed E-state index contributed by atoms with van der Waals surface area (Å²) < 4.78 is 5.11. The Balaban J connectivity index is 2.41. The molecule has 0 bridgehead atoms. The van der Waals surface area contributed by atoms with Gasteiger partial charge in [-0.05, 0) is 37.5 Å². The van der Waals surface area contributed by atoms with Gasteiger partial charge in [-0.15, -0.1) is 0 Å². The van der Waals surface area contributed by atoms with Crippen molar-refractivity contribution in [3.63, 3.8) is 0 Å². The lowest BCUT2D eigenvalue weighted by atomic mass is 9.82. The Bertz CT molecular complexity index is 172. The van der Waals surface area contributed by atoms with E-state index in [-0.39, 0.29) is 5.54 Å². The first-order valence-electron chi connectivity index (χ1n) is 5.90. The Morgan fingerprint density at radius 2 is 2.29 bits per heavy atom. The van der Waals surface area contributed by atoms with Crippen molar-refractivity contribution in [2.75, 3.05) is 13.7 Å². The van der Waals surface area contributed by atoms with E-state index in [1.165, 1.54) is 25.7 Å². The second-order valence-corrected chi connectivity index (χ2v) is 4.93. The molecule has 2 heteroatoms. The van der Waals surface area contributed by atoms with Gasteiger partial charge in [0, 0.05) is 19.3 Å². The highest BCUT2D eigenvalue weighted by molar-refractivity contribution is 4.96. The molecule has 0 aliphatic heterocycles. The smallest absolute Gasteiger partial charge is 0.0465 e. The SMILES string of the molecule is CCC1CCC(N)(C(C)CCOC)C1. The molecule has 1 saturated carbocycles. The summed E-state index contributed by atoms with van der Waals surface area (Å²) in [5, 5.41) is 0. The summed E-state index contributed by atoms with van der Waals surface area (Å²) in [6.07, 6.45) is 6.13. The minimum absolute atomic E-state index is 0.0964. The van der Waals surface area contributed by atoms with Crippen LogP contribution in [0, 0.1) is 11.8 Å². The molecule has 1 fully saturated rings. The van der Waals surface area contributed by atoms with Gasteiger partial charge in [-0.2, -0.15) is 0 Å². The first-order valence-corrected chi connectivity index (χ1v) is 5.90. The molecule has 2 N–H and O–H groups in total. The molecule has 3 unspecified atom stereocenters. The molecule has 0 spiro atoms. The van der Waals surface area contributed by atoms with Crippen molar-refractivity contribution in [3.8, 4) is 0 Å². The van der Waals surface area contributed by atoms with Crippen molar-refractivity contribution in [2.45, 2.75) is 51.5 Å². The second kappa shape index (κ2) is 5.13. The monoisotopic (exact) mass is 199 g/mol. The lowest BCUT2D eigenvalue weighted by Crippen LogP contribution is -2.44. The number of ether oxygens (including phenoxy) is 1. The standard InChI is InChI=1S/C12H25NO/c1-4-11-5-7-12(13,9-11)10(2)6-8-14-3/h10-11H,4-9,13H2,1-3H3. The normalized spacial score (nSPS) is 34.7. The molecule has 0 heterocycles. The van der Waals surface area contributed by atoms with Crippen LogP contribution in [0.3, 0.4) is 0 Å². The molecule has 84 valence electrons. The second-order valence-electron chi connectivity index (χ2n) is 4.93. The minimum atomic E-state index is 0.0964. The van der Waals surface area contributed by atoms with Crippen LogP contribution < -0.4 is 5.73 Å². The molecule has 0 amide bonds. The number of hydrogen-bond acceptors (Lipinski definition) is 2. The van der Waals surface area contributed by atoms with E-state index < -0.39 is 0 Å². The maximum absolute atomic E-state index is 6.45. The van der Waals surface area contributed by atoms with Crippen LogP contribution in [0.4, 0.5) is 0 Å². The van der Waals surface area contributed by atoms with Crippen molar-refractivity contribution in [2.24, 2.45) is 17.6 Å². The Hall–Kier alpha value is -0.0800. The van der Waals surface area contributed by atoms with Crippen molar-refractivity contribution in [1.29, 1.82) is 0 Å². The third kappa shape index (κ3) is 2.71. The molecule has 0 radical (unpaired) electrons. The highest BCUT2D eigenvalue weighted by atomic mass is 16.5. The predicted molar refractivity (Wildman–Crippen MR) is 60.2 cm³/mol. The van der Waals surface area contributed by atoms with Crippen molar-refractivity contribution >= 4 is 0 Å². The minimum Gasteiger partial charge on any atom is -0.385 e. The first kappa shape index (κ1) is 12.0. The van der Waals surface area contributed by atoms with Gasteiger partial charge >= 0.3 is 0 Å². The van der Waals surface area contributed by atoms with Gasteiger partial charge in [0.05, 0.1) is 0 Å². The molecule has 1 aliphatic rings. The maximum atomic E-state index is 6.45. The Kier molecular flexibility index (Phi) is 4.39. The number of methoxy groups -OCH3 is 1. The molecular weight excluding hydrogens is 174 g/mol. The summed E-state index contributed by atoms with van der Waals surface area (Å²) >= 11 is 0. The molecule has 0 aromatic rings. The van der Waals surface area contributed by atoms with E-state index in [0.29, 0.717) is 5.92 Å². The van der Waals surface area contributed by atoms with E-state index in [1.807, 2.05) is 0 Å². The lowest BCUT2D eigenvalue weighted by Gasteiger charge is -2.31. The lowest BCUT2D eigenvalue weighted by molar-refractivity contribution is 0.154. The zero-order valence-electron chi connectivity index (χ0n) is 9.88. The summed E-state index contributed by atoms with van der Waals surface area (Å²) in [6, 6.07) is 0. The van der Waals surface area contributed by atoms with Crippen LogP contribution in [0.15, 0.2) is 0 Å². The van der Waals surface area contributed by atoms with Gasteiger partial charge in [0.2, 0.25) is 0 Å². The summed E-state index contributed by atoms with van der Waals surface area (Å²) in [6.45, 7) is 5.39. The van der Waals surface area contributed by atoms with Crippen LogP contribution >= 0.6 is 0 Å². The predicted octanol–water partition coefficient (Wildman–Crippen LogP) is 2.57. The highest BCUT2D eigenvalue weighted by Crippen LogP contribution is 2.40. The molecule has 1 aliphatic carbocycles. The Morgan fingerprint density at radius 1 is 1.57 bits per heavy atom. The molecule has 3 atom stereocenters. The van der Waals surface area contributed by atoms with E-state index in [0.717, 1.165) is 18.9 Å². The summed E-state index contributed by atoms with van der Waals surface area (Å²) in [5.41, 5.74) is 6.55. The maximum Gasteiger partial charge on any atom is 0.0465 e. The van der Waals surface area contributed by atoms with Crippen LogP contribution in [0.1, 0.15) is 46.0 Å². The van der Waals surface area contributed by atoms with Gasteiger partial charge in [0.15, 0.2) is 0 Å². The fourth-order valence-electron chi connectivity index (χ4n) is 2.59. The zero-order valence-corrected chi connectivity index (χ0v) is 9.88. The Labute approximate surface area is 88.2 Å². The molecule has 0 aromatic carbocycles. The van der Waals surface area contributed by atoms with Gasteiger partial charge in [0.1, 0.15) is 0 Å². The van der Waals surface area contributed by atoms with Crippen LogP contribution in [-0.4, -0.2) is 19.3 Å². The van der Waals surface area contributed by atoms with E-state index >= 15 is 0 Å². The van der Waals surface area contributed by atoms with Crippen LogP contribution in [0.25, 0.3) is 0 Å². The van der Waals surface area contributed by atoms with Crippen molar-refractivity contribution in [1.82, 2.24) is 0 Å². The quantitative estimate of drug-likeness (QED) is 0.738. The topological polar surface area (TPSA) is 35.2 Å². The van der Waals surface area contributed by atoms with Gasteiger partial charge in [-0.25, -0.2) is 0 Å². The molecular formula is C12H25NO. The van der Waals surface area contributed by atoms with Crippen LogP contribution in [0.5, 0.6) is 0 Å². The molecule has 0 saturated heterocycles. The van der Waals surface area contributed by atoms with E-state index in [2.05, 4.69) is 13.8 Å². The molecule has 14 heavy (non-hydrogen) atoms. The molecule has 2 nitrogen and oxygen atoms in total. The zero-order chi connectivity index (χ0) is 10.6. The first-order chi connectivity index (χ1) is 6.62. The van der Waals surface area contributed by atoms with E-state index in [4.69, 9.17) is 10.5 Å². The largest absolute Gasteiger partial charge is 0.385 e. The number of rotatable bonds is 5. The fraction of sp³-hybridized carbons (Fsp3) is 1.00. The molecule has 0 aromatic heterocycles. The average Bonchev–Trinajstić information content (AvgIpc) is 2.58. The summed E-state index contributed by atoms with van der Waals surface area (Å²) in [5.74, 6) is 1.46. The van der Waals surface area contributed by atoms with Gasteiger partial charge in [-0.1, -0.05) is 20.3 Å². The average molecular weight is 199 g/mol. The summed E-state index contributed by atoms with van der Waals surface area (Å²) in [4.78, 5) is 0. The van der Waals surface area contributed by atoms with E-state index in [1.54, 1.807) is 7.11 Å². The Morgan fingerprint density at radius 3 is 2.79 bits per heavy atom. The summed E-state index contributed by atoms with van der Waals surface area (Å²) in [7, 11) is 1.76. The van der Waals surface area contributed by atoms with Gasteiger partial charge in [-0.3, -0.25) is 0 Å². The van der Waals surface area contributed by atoms with E-state index in [9.17, 15) is 0 Å². The van der Waals surface area contributed by atoms with Crippen molar-refractivity contribution < 1.29 is 4.74 Å². The highest BCUT2D eigenvalue weighted by Gasteiger charge is 2.38. The number of nitrogens with two attached hydrogens (primary N) is 1.